The Hall–Kier alpha value is -2.89. The van der Waals surface area contributed by atoms with Gasteiger partial charge in [-0.1, -0.05) is 13.0 Å². The Bertz CT molecular complexity index is 653. The number of nitrogens with one attached hydrogen (secondary N) is 2. The molecule has 0 unspecified atom stereocenters. The highest BCUT2D eigenvalue weighted by Gasteiger charge is 2.08. The molecule has 2 aromatic rings. The summed E-state index contributed by atoms with van der Waals surface area (Å²) in [6.45, 7) is 1.76. The summed E-state index contributed by atoms with van der Waals surface area (Å²) in [5.74, 6) is -0.420. The van der Waals surface area contributed by atoms with Crippen molar-refractivity contribution in [3.63, 3.8) is 0 Å². The lowest BCUT2D eigenvalue weighted by atomic mass is 10.2. The topological polar surface area (TPSA) is 85.1 Å². The molecule has 2 amide bonds. The zero-order valence-corrected chi connectivity index (χ0v) is 11.5. The first-order chi connectivity index (χ1) is 10.1. The van der Waals surface area contributed by atoms with Gasteiger partial charge in [0.05, 0.1) is 5.56 Å². The third kappa shape index (κ3) is 4.04. The summed E-state index contributed by atoms with van der Waals surface area (Å²) in [6.07, 6.45) is 2.90. The molecule has 0 bridgehead atoms. The van der Waals surface area contributed by atoms with Gasteiger partial charge in [0.1, 0.15) is 0 Å². The first-order valence-electron chi connectivity index (χ1n) is 6.48. The zero-order valence-electron chi connectivity index (χ0n) is 11.5. The molecule has 0 atom stereocenters. The van der Waals surface area contributed by atoms with Gasteiger partial charge < -0.3 is 15.8 Å². The minimum atomic E-state index is -0.324. The van der Waals surface area contributed by atoms with Gasteiger partial charge in [-0.25, -0.2) is 0 Å². The number of nitrogens with zero attached hydrogens (tertiary/aromatic N) is 1. The van der Waals surface area contributed by atoms with Gasteiger partial charge in [0, 0.05) is 29.9 Å². The number of rotatable bonds is 4. The molecule has 6 heteroatoms. The van der Waals surface area contributed by atoms with Gasteiger partial charge in [0.2, 0.25) is 5.91 Å². The monoisotopic (exact) mass is 285 g/mol. The Morgan fingerprint density at radius 1 is 1.10 bits per heavy atom. The van der Waals surface area contributed by atoms with Crippen LogP contribution in [0.1, 0.15) is 23.7 Å². The van der Waals surface area contributed by atoms with E-state index < -0.39 is 0 Å². The third-order valence-corrected chi connectivity index (χ3v) is 2.79. The van der Waals surface area contributed by atoms with Gasteiger partial charge in [0.25, 0.3) is 5.91 Å². The standard InChI is InChI=1S/C15H15N3O3/c1-2-14(19)16-12-4-3-5-13(10-12)17-15(20)11-6-8-18(21)9-7-11/h3-10H,2H2,1H3,(H,16,19)(H,17,20). The van der Waals surface area contributed by atoms with Crippen LogP contribution in [0.25, 0.3) is 0 Å². The van der Waals surface area contributed by atoms with E-state index in [-0.39, 0.29) is 11.8 Å². The van der Waals surface area contributed by atoms with E-state index in [1.807, 2.05) is 0 Å². The number of carbonyl (C=O) groups is 2. The van der Waals surface area contributed by atoms with Crippen LogP contribution in [0.15, 0.2) is 48.8 Å². The molecule has 0 spiro atoms. The van der Waals surface area contributed by atoms with Crippen LogP contribution in [0.5, 0.6) is 0 Å². The molecule has 0 saturated carbocycles. The fourth-order valence-corrected chi connectivity index (χ4v) is 1.69. The van der Waals surface area contributed by atoms with E-state index in [0.717, 1.165) is 0 Å². The Morgan fingerprint density at radius 3 is 2.33 bits per heavy atom. The summed E-state index contributed by atoms with van der Waals surface area (Å²) < 4.78 is 0.609. The summed E-state index contributed by atoms with van der Waals surface area (Å²) >= 11 is 0. The smallest absolute Gasteiger partial charge is 0.256 e. The fraction of sp³-hybridized carbons (Fsp3) is 0.133. The molecule has 0 aliphatic heterocycles. The molecule has 1 aromatic heterocycles. The van der Waals surface area contributed by atoms with Crippen molar-refractivity contribution in [2.75, 3.05) is 10.6 Å². The number of hydrogen-bond donors (Lipinski definition) is 2. The van der Waals surface area contributed by atoms with Crippen molar-refractivity contribution in [2.45, 2.75) is 13.3 Å². The molecule has 0 fully saturated rings. The molecule has 0 radical (unpaired) electrons. The predicted octanol–water partition coefficient (Wildman–Crippen LogP) is 1.92. The Kier molecular flexibility index (Phi) is 4.50. The summed E-state index contributed by atoms with van der Waals surface area (Å²) in [5.41, 5.74) is 1.56. The average Bonchev–Trinajstić information content (AvgIpc) is 2.48. The highest BCUT2D eigenvalue weighted by atomic mass is 16.5. The normalized spacial score (nSPS) is 9.95. The number of anilines is 2. The molecule has 6 nitrogen and oxygen atoms in total. The lowest BCUT2D eigenvalue weighted by Crippen LogP contribution is -2.25. The maximum absolute atomic E-state index is 12.0. The molecule has 2 N–H and O–H groups in total. The number of aromatic nitrogens is 1. The minimum Gasteiger partial charge on any atom is -0.619 e. The average molecular weight is 285 g/mol. The second kappa shape index (κ2) is 6.51. The first-order valence-corrected chi connectivity index (χ1v) is 6.48. The Morgan fingerprint density at radius 2 is 1.71 bits per heavy atom. The molecule has 0 saturated heterocycles. The van der Waals surface area contributed by atoms with Crippen LogP contribution >= 0.6 is 0 Å². The van der Waals surface area contributed by atoms with Crippen LogP contribution in [0, 0.1) is 5.21 Å². The second-order valence-electron chi connectivity index (χ2n) is 4.38. The first kappa shape index (κ1) is 14.5. The van der Waals surface area contributed by atoms with E-state index in [0.29, 0.717) is 28.1 Å². The van der Waals surface area contributed by atoms with E-state index in [1.165, 1.54) is 24.5 Å². The van der Waals surface area contributed by atoms with Gasteiger partial charge in [-0.3, -0.25) is 9.59 Å². The van der Waals surface area contributed by atoms with Crippen molar-refractivity contribution in [1.82, 2.24) is 0 Å². The van der Waals surface area contributed by atoms with E-state index in [2.05, 4.69) is 10.6 Å². The van der Waals surface area contributed by atoms with E-state index in [1.54, 1.807) is 31.2 Å². The highest BCUT2D eigenvalue weighted by molar-refractivity contribution is 6.04. The highest BCUT2D eigenvalue weighted by Crippen LogP contribution is 2.16. The number of amides is 2. The number of benzene rings is 1. The fourth-order valence-electron chi connectivity index (χ4n) is 1.69. The van der Waals surface area contributed by atoms with Crippen LogP contribution in [-0.4, -0.2) is 11.8 Å². The van der Waals surface area contributed by atoms with Gasteiger partial charge in [0.15, 0.2) is 12.4 Å². The van der Waals surface area contributed by atoms with Crippen molar-refractivity contribution >= 4 is 23.2 Å². The molecular formula is C15H15N3O3. The summed E-state index contributed by atoms with van der Waals surface area (Å²) in [7, 11) is 0. The molecule has 21 heavy (non-hydrogen) atoms. The van der Waals surface area contributed by atoms with Crippen molar-refractivity contribution < 1.29 is 14.3 Å². The molecule has 1 heterocycles. The third-order valence-electron chi connectivity index (χ3n) is 2.79. The summed E-state index contributed by atoms with van der Waals surface area (Å²) in [6, 6.07) is 9.73. The van der Waals surface area contributed by atoms with Crippen LogP contribution in [-0.2, 0) is 4.79 Å². The van der Waals surface area contributed by atoms with Gasteiger partial charge >= 0.3 is 0 Å². The quantitative estimate of drug-likeness (QED) is 0.664. The van der Waals surface area contributed by atoms with Crippen molar-refractivity contribution in [3.05, 3.63) is 59.6 Å². The van der Waals surface area contributed by atoms with Crippen molar-refractivity contribution in [1.29, 1.82) is 0 Å². The van der Waals surface area contributed by atoms with Crippen LogP contribution in [0.2, 0.25) is 0 Å². The zero-order chi connectivity index (χ0) is 15.2. The van der Waals surface area contributed by atoms with Crippen LogP contribution in [0.3, 0.4) is 0 Å². The molecule has 0 aliphatic carbocycles. The van der Waals surface area contributed by atoms with Crippen molar-refractivity contribution in [3.8, 4) is 0 Å². The van der Waals surface area contributed by atoms with E-state index in [4.69, 9.17) is 0 Å². The second-order valence-corrected chi connectivity index (χ2v) is 4.38. The van der Waals surface area contributed by atoms with Crippen molar-refractivity contribution in [2.24, 2.45) is 0 Å². The number of hydrogen-bond acceptors (Lipinski definition) is 3. The lowest BCUT2D eigenvalue weighted by molar-refractivity contribution is -0.605. The lowest BCUT2D eigenvalue weighted by Gasteiger charge is -2.08. The Balaban J connectivity index is 2.08. The summed E-state index contributed by atoms with van der Waals surface area (Å²) in [4.78, 5) is 23.3. The number of carbonyl (C=O) groups excluding carboxylic acids is 2. The molecule has 2 rings (SSSR count). The number of pyridine rings is 1. The predicted molar refractivity (Wildman–Crippen MR) is 78.7 cm³/mol. The maximum Gasteiger partial charge on any atom is 0.256 e. The maximum atomic E-state index is 12.0. The SMILES string of the molecule is CCC(=O)Nc1cccc(NC(=O)c2cc[n+]([O-])cc2)c1. The van der Waals surface area contributed by atoms with Crippen LogP contribution < -0.4 is 15.4 Å². The van der Waals surface area contributed by atoms with Gasteiger partial charge in [-0.2, -0.15) is 4.73 Å². The van der Waals surface area contributed by atoms with E-state index in [9.17, 15) is 14.8 Å². The van der Waals surface area contributed by atoms with Crippen LogP contribution in [0.4, 0.5) is 11.4 Å². The van der Waals surface area contributed by atoms with Gasteiger partial charge in [-0.15, -0.1) is 0 Å². The van der Waals surface area contributed by atoms with E-state index >= 15 is 0 Å². The molecular weight excluding hydrogens is 270 g/mol. The minimum absolute atomic E-state index is 0.0958. The van der Waals surface area contributed by atoms with Gasteiger partial charge in [-0.05, 0) is 18.2 Å². The molecule has 108 valence electrons. The summed E-state index contributed by atoms with van der Waals surface area (Å²) in [5, 5.41) is 16.3. The Labute approximate surface area is 122 Å². The molecule has 1 aromatic carbocycles. The molecule has 0 aliphatic rings. The largest absolute Gasteiger partial charge is 0.619 e.